The van der Waals surface area contributed by atoms with Gasteiger partial charge in [0.05, 0.1) is 0 Å². The maximum absolute atomic E-state index is 5.92. The normalized spacial score (nSPS) is 22.5. The zero-order valence-corrected chi connectivity index (χ0v) is 10.1. The molecule has 3 rings (SSSR count). The lowest BCUT2D eigenvalue weighted by atomic mass is 9.98. The summed E-state index contributed by atoms with van der Waals surface area (Å²) in [6.07, 6.45) is 1.14. The summed E-state index contributed by atoms with van der Waals surface area (Å²) in [5, 5.41) is 0. The molecule has 2 unspecified atom stereocenters. The molecule has 1 nitrogen and oxygen atoms in total. The zero-order chi connectivity index (χ0) is 11.8. The minimum absolute atomic E-state index is 0.377. The highest BCUT2D eigenvalue weighted by molar-refractivity contribution is 5.68. The fourth-order valence-corrected chi connectivity index (χ4v) is 2.43. The van der Waals surface area contributed by atoms with Gasteiger partial charge in [0, 0.05) is 12.0 Å². The van der Waals surface area contributed by atoms with Crippen LogP contribution in [0, 0.1) is 6.92 Å². The van der Waals surface area contributed by atoms with Crippen molar-refractivity contribution in [2.45, 2.75) is 25.3 Å². The second-order valence-corrected chi connectivity index (χ2v) is 4.95. The summed E-state index contributed by atoms with van der Waals surface area (Å²) in [6, 6.07) is 17.7. The standard InChI is InChI=1S/C16H17N/c1-11-5-2-3-8-14(11)12-6-4-7-13(9-12)15-10-16(15)17/h2-9,15-16H,10,17H2,1H3. The lowest BCUT2D eigenvalue weighted by molar-refractivity contribution is 0.991. The summed E-state index contributed by atoms with van der Waals surface area (Å²) < 4.78 is 0. The maximum atomic E-state index is 5.92. The molecule has 1 fully saturated rings. The highest BCUT2D eigenvalue weighted by atomic mass is 14.7. The minimum Gasteiger partial charge on any atom is -0.327 e. The Kier molecular flexibility index (Phi) is 2.49. The lowest BCUT2D eigenvalue weighted by Crippen LogP contribution is -2.00. The van der Waals surface area contributed by atoms with Crippen LogP contribution in [0.25, 0.3) is 11.1 Å². The van der Waals surface area contributed by atoms with Gasteiger partial charge in [-0.1, -0.05) is 48.5 Å². The molecule has 2 aromatic rings. The molecule has 1 aliphatic carbocycles. The predicted octanol–water partition coefficient (Wildman–Crippen LogP) is 3.48. The van der Waals surface area contributed by atoms with Crippen molar-refractivity contribution < 1.29 is 0 Å². The van der Waals surface area contributed by atoms with Gasteiger partial charge < -0.3 is 5.73 Å². The minimum atomic E-state index is 0.377. The van der Waals surface area contributed by atoms with E-state index in [4.69, 9.17) is 5.73 Å². The first-order valence-corrected chi connectivity index (χ1v) is 6.17. The van der Waals surface area contributed by atoms with Crippen LogP contribution in [0.4, 0.5) is 0 Å². The van der Waals surface area contributed by atoms with Crippen LogP contribution in [0.1, 0.15) is 23.5 Å². The third kappa shape index (κ3) is 1.98. The SMILES string of the molecule is Cc1ccccc1-c1cccc(C2CC2N)c1. The van der Waals surface area contributed by atoms with E-state index in [2.05, 4.69) is 55.5 Å². The number of aryl methyl sites for hydroxylation is 1. The second-order valence-electron chi connectivity index (χ2n) is 4.95. The van der Waals surface area contributed by atoms with Crippen LogP contribution >= 0.6 is 0 Å². The van der Waals surface area contributed by atoms with Gasteiger partial charge in [0.25, 0.3) is 0 Å². The van der Waals surface area contributed by atoms with Crippen LogP contribution in [-0.4, -0.2) is 6.04 Å². The first-order chi connectivity index (χ1) is 8.25. The van der Waals surface area contributed by atoms with Crippen molar-refractivity contribution in [1.29, 1.82) is 0 Å². The van der Waals surface area contributed by atoms with Crippen molar-refractivity contribution in [3.8, 4) is 11.1 Å². The van der Waals surface area contributed by atoms with Gasteiger partial charge in [0.2, 0.25) is 0 Å². The topological polar surface area (TPSA) is 26.0 Å². The first kappa shape index (κ1) is 10.5. The van der Waals surface area contributed by atoms with Crippen molar-refractivity contribution >= 4 is 0 Å². The molecular weight excluding hydrogens is 206 g/mol. The van der Waals surface area contributed by atoms with E-state index in [9.17, 15) is 0 Å². The predicted molar refractivity (Wildman–Crippen MR) is 71.9 cm³/mol. The van der Waals surface area contributed by atoms with E-state index in [0.717, 1.165) is 6.42 Å². The lowest BCUT2D eigenvalue weighted by Gasteiger charge is -2.07. The molecule has 86 valence electrons. The summed E-state index contributed by atoms with van der Waals surface area (Å²) in [6.45, 7) is 2.16. The Labute approximate surface area is 102 Å². The fraction of sp³-hybridized carbons (Fsp3) is 0.250. The fourth-order valence-electron chi connectivity index (χ4n) is 2.43. The molecule has 0 aliphatic heterocycles. The van der Waals surface area contributed by atoms with Crippen LogP contribution in [0.3, 0.4) is 0 Å². The highest BCUT2D eigenvalue weighted by Crippen LogP contribution is 2.40. The Balaban J connectivity index is 2.01. The number of hydrogen-bond acceptors (Lipinski definition) is 1. The first-order valence-electron chi connectivity index (χ1n) is 6.17. The molecule has 0 heterocycles. The van der Waals surface area contributed by atoms with Crippen LogP contribution in [0.5, 0.6) is 0 Å². The largest absolute Gasteiger partial charge is 0.327 e. The molecule has 1 heteroatoms. The van der Waals surface area contributed by atoms with Gasteiger partial charge in [-0.3, -0.25) is 0 Å². The zero-order valence-electron chi connectivity index (χ0n) is 10.1. The summed E-state index contributed by atoms with van der Waals surface area (Å²) in [5.41, 5.74) is 11.3. The monoisotopic (exact) mass is 223 g/mol. The van der Waals surface area contributed by atoms with Gasteiger partial charge in [-0.15, -0.1) is 0 Å². The number of rotatable bonds is 2. The van der Waals surface area contributed by atoms with E-state index < -0.39 is 0 Å². The quantitative estimate of drug-likeness (QED) is 0.828. The van der Waals surface area contributed by atoms with E-state index in [1.807, 2.05) is 0 Å². The maximum Gasteiger partial charge on any atom is 0.0115 e. The van der Waals surface area contributed by atoms with E-state index in [1.165, 1.54) is 22.3 Å². The van der Waals surface area contributed by atoms with E-state index >= 15 is 0 Å². The summed E-state index contributed by atoms with van der Waals surface area (Å²) in [4.78, 5) is 0. The Morgan fingerprint density at radius 2 is 1.82 bits per heavy atom. The second kappa shape index (κ2) is 4.01. The molecule has 0 amide bonds. The van der Waals surface area contributed by atoms with Crippen molar-refractivity contribution in [2.24, 2.45) is 5.73 Å². The Morgan fingerprint density at radius 1 is 1.06 bits per heavy atom. The van der Waals surface area contributed by atoms with Gasteiger partial charge in [-0.05, 0) is 35.6 Å². The molecule has 2 atom stereocenters. The Hall–Kier alpha value is -1.60. The van der Waals surface area contributed by atoms with Crippen LogP contribution < -0.4 is 5.73 Å². The highest BCUT2D eigenvalue weighted by Gasteiger charge is 2.34. The average Bonchev–Trinajstić information content (AvgIpc) is 3.07. The number of benzene rings is 2. The van der Waals surface area contributed by atoms with Crippen LogP contribution in [0.15, 0.2) is 48.5 Å². The molecule has 1 aliphatic rings. The van der Waals surface area contributed by atoms with Crippen molar-refractivity contribution in [3.63, 3.8) is 0 Å². The number of hydrogen-bond donors (Lipinski definition) is 1. The Morgan fingerprint density at radius 3 is 2.53 bits per heavy atom. The summed E-state index contributed by atoms with van der Waals surface area (Å²) >= 11 is 0. The van der Waals surface area contributed by atoms with E-state index in [-0.39, 0.29) is 0 Å². The van der Waals surface area contributed by atoms with E-state index in [0.29, 0.717) is 12.0 Å². The molecule has 1 saturated carbocycles. The molecule has 0 spiro atoms. The smallest absolute Gasteiger partial charge is 0.0115 e. The van der Waals surface area contributed by atoms with Crippen LogP contribution in [0.2, 0.25) is 0 Å². The molecule has 0 bridgehead atoms. The van der Waals surface area contributed by atoms with E-state index in [1.54, 1.807) is 0 Å². The Bertz CT molecular complexity index is 545. The molecule has 0 aromatic heterocycles. The van der Waals surface area contributed by atoms with Crippen molar-refractivity contribution in [3.05, 3.63) is 59.7 Å². The van der Waals surface area contributed by atoms with Crippen molar-refractivity contribution in [2.75, 3.05) is 0 Å². The molecule has 0 saturated heterocycles. The molecular formula is C16H17N. The van der Waals surface area contributed by atoms with Gasteiger partial charge in [0.15, 0.2) is 0 Å². The molecule has 17 heavy (non-hydrogen) atoms. The van der Waals surface area contributed by atoms with Crippen LogP contribution in [-0.2, 0) is 0 Å². The van der Waals surface area contributed by atoms with Gasteiger partial charge >= 0.3 is 0 Å². The molecule has 2 aromatic carbocycles. The third-order valence-electron chi connectivity index (χ3n) is 3.61. The van der Waals surface area contributed by atoms with Crippen molar-refractivity contribution in [1.82, 2.24) is 0 Å². The summed E-state index contributed by atoms with van der Waals surface area (Å²) in [5.74, 6) is 0.582. The summed E-state index contributed by atoms with van der Waals surface area (Å²) in [7, 11) is 0. The molecule has 2 N–H and O–H groups in total. The third-order valence-corrected chi connectivity index (χ3v) is 3.61. The van der Waals surface area contributed by atoms with Gasteiger partial charge in [0.1, 0.15) is 0 Å². The van der Waals surface area contributed by atoms with Gasteiger partial charge in [-0.25, -0.2) is 0 Å². The molecule has 0 radical (unpaired) electrons. The number of nitrogens with two attached hydrogens (primary N) is 1. The average molecular weight is 223 g/mol. The van der Waals surface area contributed by atoms with Gasteiger partial charge in [-0.2, -0.15) is 0 Å².